The van der Waals surface area contributed by atoms with Gasteiger partial charge in [-0.15, -0.1) is 0 Å². The van der Waals surface area contributed by atoms with Crippen molar-refractivity contribution in [3.63, 3.8) is 0 Å². The van der Waals surface area contributed by atoms with E-state index in [1.165, 1.54) is 0 Å². The topological polar surface area (TPSA) is 42.8 Å². The summed E-state index contributed by atoms with van der Waals surface area (Å²) in [5.74, 6) is 0. The lowest BCUT2D eigenvalue weighted by Crippen LogP contribution is -2.22. The Labute approximate surface area is 197 Å². The van der Waals surface area contributed by atoms with Crippen molar-refractivity contribution in [2.45, 2.75) is 13.8 Å². The van der Waals surface area contributed by atoms with Crippen molar-refractivity contribution in [2.75, 3.05) is 0 Å². The van der Waals surface area contributed by atoms with Crippen LogP contribution in [-0.4, -0.2) is 9.35 Å². The van der Waals surface area contributed by atoms with Crippen LogP contribution in [0.15, 0.2) is 120 Å². The zero-order valence-electron chi connectivity index (χ0n) is 19.1. The minimum Gasteiger partial charge on any atom is -0.198 e. The Hall–Kier alpha value is -4.58. The quantitative estimate of drug-likeness (QED) is 0.258. The van der Waals surface area contributed by atoms with Crippen LogP contribution in [-0.2, 0) is 0 Å². The number of aromatic nitrogens is 4. The summed E-state index contributed by atoms with van der Waals surface area (Å²) in [6.45, 7) is 4.23. The smallest absolute Gasteiger partial charge is 0.198 e. The van der Waals surface area contributed by atoms with Gasteiger partial charge in [0.25, 0.3) is 0 Å². The fraction of sp³-hybridized carbons (Fsp3) is 0.0714. The molecule has 0 saturated heterocycles. The Morgan fingerprint density at radius 1 is 0.500 bits per heavy atom. The fourth-order valence-corrected chi connectivity index (χ4v) is 4.66. The lowest BCUT2D eigenvalue weighted by Gasteiger charge is -1.98. The molecule has 164 valence electrons. The van der Waals surface area contributed by atoms with Crippen LogP contribution in [0.3, 0.4) is 0 Å². The first-order chi connectivity index (χ1) is 16.7. The first kappa shape index (κ1) is 20.1. The van der Waals surface area contributed by atoms with Crippen molar-refractivity contribution < 1.29 is 8.80 Å². The maximum atomic E-state index is 4.82. The molecule has 0 saturated carbocycles. The van der Waals surface area contributed by atoms with Gasteiger partial charge in [-0.2, -0.15) is 8.80 Å². The third kappa shape index (κ3) is 3.11. The highest BCUT2D eigenvalue weighted by Crippen LogP contribution is 2.27. The molecular weight excluding hydrogens is 420 g/mol. The summed E-state index contributed by atoms with van der Waals surface area (Å²) in [6, 6.07) is 32.9. The maximum Gasteiger partial charge on any atom is 0.314 e. The lowest BCUT2D eigenvalue weighted by molar-refractivity contribution is -0.518. The van der Waals surface area contributed by atoms with E-state index in [4.69, 9.17) is 10.4 Å². The minimum absolute atomic E-state index is 0.949. The normalized spacial score (nSPS) is 11.7. The zero-order chi connectivity index (χ0) is 23.1. The minimum atomic E-state index is 0.949. The van der Waals surface area contributed by atoms with Crippen LogP contribution >= 0.6 is 0 Å². The highest BCUT2D eigenvalue weighted by atomic mass is 15.6. The van der Waals surface area contributed by atoms with Gasteiger partial charge in [0.2, 0.25) is 11.4 Å². The summed E-state index contributed by atoms with van der Waals surface area (Å²) in [7, 11) is 0. The van der Waals surface area contributed by atoms with Crippen molar-refractivity contribution in [3.05, 3.63) is 121 Å². The first-order valence-electron chi connectivity index (χ1n) is 11.3. The van der Waals surface area contributed by atoms with E-state index >= 15 is 0 Å². The first-order valence-corrected chi connectivity index (χ1v) is 11.3. The van der Waals surface area contributed by atoms with Gasteiger partial charge in [-0.25, -0.2) is 0 Å². The van der Waals surface area contributed by atoms with Gasteiger partial charge < -0.3 is 0 Å². The summed E-state index contributed by atoms with van der Waals surface area (Å²) in [5.41, 5.74) is 8.31. The van der Waals surface area contributed by atoms with Crippen molar-refractivity contribution in [2.24, 2.45) is 10.4 Å². The summed E-state index contributed by atoms with van der Waals surface area (Å²) in [4.78, 5) is 0. The Bertz CT molecular complexity index is 1530. The molecule has 0 aliphatic rings. The van der Waals surface area contributed by atoms with E-state index < -0.39 is 0 Å². The second-order valence-electron chi connectivity index (χ2n) is 8.26. The number of nitrogens with zero attached hydrogens (tertiary/aromatic N) is 6. The van der Waals surface area contributed by atoms with Crippen LogP contribution in [0.1, 0.15) is 11.4 Å². The number of imidazole rings is 2. The predicted molar refractivity (Wildman–Crippen MR) is 131 cm³/mol. The second kappa shape index (κ2) is 8.08. The summed E-state index contributed by atoms with van der Waals surface area (Å²) >= 11 is 0. The Balaban J connectivity index is 1.62. The third-order valence-electron chi connectivity index (χ3n) is 6.26. The highest BCUT2D eigenvalue weighted by molar-refractivity contribution is 5.65. The molecule has 0 aliphatic carbocycles. The van der Waals surface area contributed by atoms with Crippen molar-refractivity contribution in [1.29, 1.82) is 0 Å². The summed E-state index contributed by atoms with van der Waals surface area (Å²) < 4.78 is 8.14. The van der Waals surface area contributed by atoms with Gasteiger partial charge in [0.1, 0.15) is 0 Å². The van der Waals surface area contributed by atoms with E-state index in [1.807, 2.05) is 70.0 Å². The van der Waals surface area contributed by atoms with E-state index in [2.05, 4.69) is 71.4 Å². The van der Waals surface area contributed by atoms with Gasteiger partial charge in [0.15, 0.2) is 11.4 Å². The molecule has 2 aromatic carbocycles. The Kier molecular flexibility index (Phi) is 4.77. The standard InChI is InChI=1S/C28H24N6/c1-21-27(23-13-5-3-6-14-23)33(25-17-9-11-19-31(21)25)29-30-34-26-18-10-12-20-32(26)22(2)28(34)24-15-7-4-8-16-24/h3-20H,1-2H3/q+2. The molecule has 0 aliphatic heterocycles. The number of aryl methyl sites for hydroxylation is 2. The molecule has 6 nitrogen and oxygen atoms in total. The molecular formula is C28H24N6+2. The maximum absolute atomic E-state index is 4.82. The Morgan fingerprint density at radius 3 is 1.29 bits per heavy atom. The van der Waals surface area contributed by atoms with Crippen LogP contribution in [0.5, 0.6) is 0 Å². The number of pyridine rings is 2. The van der Waals surface area contributed by atoms with Crippen LogP contribution in [0, 0.1) is 13.8 Å². The van der Waals surface area contributed by atoms with Crippen molar-refractivity contribution in [3.8, 4) is 22.5 Å². The van der Waals surface area contributed by atoms with E-state index in [0.29, 0.717) is 0 Å². The summed E-state index contributed by atoms with van der Waals surface area (Å²) in [5, 5.41) is 9.64. The molecule has 4 heterocycles. The van der Waals surface area contributed by atoms with Crippen LogP contribution in [0.2, 0.25) is 0 Å². The monoisotopic (exact) mass is 444 g/mol. The number of rotatable bonds is 4. The molecule has 0 bridgehead atoms. The average molecular weight is 445 g/mol. The Morgan fingerprint density at radius 2 is 0.882 bits per heavy atom. The van der Waals surface area contributed by atoms with E-state index in [0.717, 1.165) is 45.2 Å². The predicted octanol–water partition coefficient (Wildman–Crippen LogP) is 5.40. The van der Waals surface area contributed by atoms with E-state index in [-0.39, 0.29) is 0 Å². The van der Waals surface area contributed by atoms with Gasteiger partial charge in [0.05, 0.1) is 22.8 Å². The molecule has 0 amide bonds. The lowest BCUT2D eigenvalue weighted by atomic mass is 10.1. The number of fused-ring (bicyclic) bond motifs is 2. The molecule has 0 spiro atoms. The van der Waals surface area contributed by atoms with Gasteiger partial charge in [-0.3, -0.25) is 0 Å². The zero-order valence-corrected chi connectivity index (χ0v) is 19.1. The molecule has 0 radical (unpaired) electrons. The highest BCUT2D eigenvalue weighted by Gasteiger charge is 2.27. The second-order valence-corrected chi connectivity index (χ2v) is 8.26. The van der Waals surface area contributed by atoms with Gasteiger partial charge in [-0.05, 0) is 12.1 Å². The molecule has 6 aromatic rings. The van der Waals surface area contributed by atoms with Gasteiger partial charge >= 0.3 is 11.3 Å². The fourth-order valence-electron chi connectivity index (χ4n) is 4.66. The van der Waals surface area contributed by atoms with Crippen LogP contribution in [0.4, 0.5) is 0 Å². The van der Waals surface area contributed by atoms with Crippen LogP contribution < -0.4 is 8.80 Å². The van der Waals surface area contributed by atoms with Crippen LogP contribution in [0.25, 0.3) is 33.8 Å². The summed E-state index contributed by atoms with van der Waals surface area (Å²) in [6.07, 6.45) is 4.12. The molecule has 34 heavy (non-hydrogen) atoms. The van der Waals surface area contributed by atoms with Gasteiger partial charge in [0, 0.05) is 37.1 Å². The third-order valence-corrected chi connectivity index (χ3v) is 6.26. The average Bonchev–Trinajstić information content (AvgIpc) is 3.34. The molecule has 0 N–H and O–H groups in total. The van der Waals surface area contributed by atoms with E-state index in [9.17, 15) is 0 Å². The molecule has 0 fully saturated rings. The molecule has 6 heteroatoms. The SMILES string of the molecule is Cc1c(-c2ccccc2)n(N=Nn2c(-c3ccccc3)c(C)[n+]3ccccc23)c2cccc[n+]12. The van der Waals surface area contributed by atoms with E-state index in [1.54, 1.807) is 0 Å². The molecule has 0 atom stereocenters. The van der Waals surface area contributed by atoms with Crippen molar-refractivity contribution in [1.82, 2.24) is 9.35 Å². The van der Waals surface area contributed by atoms with Crippen molar-refractivity contribution >= 4 is 11.3 Å². The molecule has 0 unspecified atom stereocenters. The number of hydrogen-bond acceptors (Lipinski definition) is 2. The molecule has 6 rings (SSSR count). The number of hydrogen-bond donors (Lipinski definition) is 0. The largest absolute Gasteiger partial charge is 0.314 e. The molecule has 4 aromatic heterocycles. The number of benzene rings is 2. The van der Waals surface area contributed by atoms with Gasteiger partial charge in [-0.1, -0.05) is 82.1 Å².